The molecule has 0 amide bonds. The molecule has 1 aliphatic carbocycles. The fourth-order valence-electron chi connectivity index (χ4n) is 2.77. The van der Waals surface area contributed by atoms with E-state index in [2.05, 4.69) is 36.0 Å². The lowest BCUT2D eigenvalue weighted by Gasteiger charge is -2.10. The van der Waals surface area contributed by atoms with Crippen LogP contribution in [0, 0.1) is 12.8 Å². The van der Waals surface area contributed by atoms with E-state index in [0.29, 0.717) is 0 Å². The number of hydrogen-bond donors (Lipinski definition) is 1. The zero-order chi connectivity index (χ0) is 13.0. The maximum atomic E-state index is 4.52. The second kappa shape index (κ2) is 6.50. The fourth-order valence-corrected chi connectivity index (χ4v) is 4.10. The molecule has 0 aromatic carbocycles. The molecule has 0 bridgehead atoms. The summed E-state index contributed by atoms with van der Waals surface area (Å²) in [7, 11) is 2.02. The van der Waals surface area contributed by atoms with Crippen LogP contribution in [0.1, 0.15) is 43.9 Å². The molecule has 1 aliphatic rings. The molecule has 1 aromatic rings. The Hall–Kier alpha value is -0.640. The Bertz CT molecular complexity index is 381. The van der Waals surface area contributed by atoms with Gasteiger partial charge in [0, 0.05) is 24.9 Å². The quantitative estimate of drug-likeness (QED) is 0.854. The van der Waals surface area contributed by atoms with Gasteiger partial charge < -0.3 is 5.32 Å². The minimum atomic E-state index is 0.958. The van der Waals surface area contributed by atoms with Gasteiger partial charge in [-0.1, -0.05) is 12.8 Å². The van der Waals surface area contributed by atoms with Crippen molar-refractivity contribution in [2.45, 2.75) is 45.3 Å². The number of aryl methyl sites for hydroxylation is 2. The molecule has 1 fully saturated rings. The Morgan fingerprint density at radius 2 is 2.11 bits per heavy atom. The lowest BCUT2D eigenvalue weighted by Crippen LogP contribution is -2.05. The molecule has 4 heteroatoms. The molecule has 1 heterocycles. The molecular formula is C14H25N3S. The summed E-state index contributed by atoms with van der Waals surface area (Å²) in [5, 5.41) is 7.95. The van der Waals surface area contributed by atoms with Gasteiger partial charge in [0.1, 0.15) is 5.82 Å². The Morgan fingerprint density at radius 1 is 1.39 bits per heavy atom. The van der Waals surface area contributed by atoms with Crippen LogP contribution in [-0.2, 0) is 12.8 Å². The first-order valence-electron chi connectivity index (χ1n) is 7.06. The molecule has 0 unspecified atom stereocenters. The Labute approximate surface area is 115 Å². The summed E-state index contributed by atoms with van der Waals surface area (Å²) >= 11 is 2.08. The van der Waals surface area contributed by atoms with E-state index in [1.165, 1.54) is 48.5 Å². The third kappa shape index (κ3) is 3.22. The van der Waals surface area contributed by atoms with Crippen LogP contribution in [0.4, 0.5) is 5.82 Å². The maximum Gasteiger partial charge on any atom is 0.128 e. The second-order valence-electron chi connectivity index (χ2n) is 5.23. The molecule has 3 nitrogen and oxygen atoms in total. The van der Waals surface area contributed by atoms with Crippen LogP contribution in [0.3, 0.4) is 0 Å². The molecule has 0 aliphatic heterocycles. The van der Waals surface area contributed by atoms with Gasteiger partial charge in [0.25, 0.3) is 0 Å². The minimum absolute atomic E-state index is 0.958. The van der Waals surface area contributed by atoms with E-state index in [1.807, 2.05) is 11.7 Å². The van der Waals surface area contributed by atoms with Crippen LogP contribution in [0.25, 0.3) is 0 Å². The first-order valence-corrected chi connectivity index (χ1v) is 8.22. The predicted molar refractivity (Wildman–Crippen MR) is 80.2 cm³/mol. The van der Waals surface area contributed by atoms with E-state index in [-0.39, 0.29) is 0 Å². The molecule has 0 saturated heterocycles. The number of nitrogens with zero attached hydrogens (tertiary/aromatic N) is 2. The van der Waals surface area contributed by atoms with Crippen molar-refractivity contribution in [3.8, 4) is 0 Å². The van der Waals surface area contributed by atoms with Crippen molar-refractivity contribution < 1.29 is 0 Å². The van der Waals surface area contributed by atoms with Crippen molar-refractivity contribution in [3.63, 3.8) is 0 Å². The zero-order valence-corrected chi connectivity index (χ0v) is 12.6. The SMILES string of the molecule is CCNc1c(CSCC2CCCC2)c(C)nn1C. The van der Waals surface area contributed by atoms with Gasteiger partial charge in [0.15, 0.2) is 0 Å². The third-order valence-corrected chi connectivity index (χ3v) is 4.97. The van der Waals surface area contributed by atoms with Crippen LogP contribution in [0.15, 0.2) is 0 Å². The van der Waals surface area contributed by atoms with E-state index < -0.39 is 0 Å². The number of rotatable bonds is 6. The van der Waals surface area contributed by atoms with Gasteiger partial charge in [-0.15, -0.1) is 0 Å². The Morgan fingerprint density at radius 3 is 2.78 bits per heavy atom. The fraction of sp³-hybridized carbons (Fsp3) is 0.786. The predicted octanol–water partition coefficient (Wildman–Crippen LogP) is 3.58. The summed E-state index contributed by atoms with van der Waals surface area (Å²) in [5.74, 6) is 4.58. The lowest BCUT2D eigenvalue weighted by molar-refractivity contribution is 0.623. The van der Waals surface area contributed by atoms with Crippen molar-refractivity contribution in [2.24, 2.45) is 13.0 Å². The Kier molecular flexibility index (Phi) is 4.98. The topological polar surface area (TPSA) is 29.9 Å². The minimum Gasteiger partial charge on any atom is -0.370 e. The number of thioether (sulfide) groups is 1. The molecular weight excluding hydrogens is 242 g/mol. The highest BCUT2D eigenvalue weighted by Gasteiger charge is 2.16. The van der Waals surface area contributed by atoms with E-state index in [9.17, 15) is 0 Å². The molecule has 1 N–H and O–H groups in total. The Balaban J connectivity index is 1.90. The standard InChI is InChI=1S/C14H25N3S/c1-4-15-14-13(11(2)16-17(14)3)10-18-9-12-7-5-6-8-12/h12,15H,4-10H2,1-3H3. The zero-order valence-electron chi connectivity index (χ0n) is 11.8. The summed E-state index contributed by atoms with van der Waals surface area (Å²) in [6, 6.07) is 0. The number of anilines is 1. The van der Waals surface area contributed by atoms with Crippen LogP contribution < -0.4 is 5.32 Å². The summed E-state index contributed by atoms with van der Waals surface area (Å²) < 4.78 is 1.98. The number of nitrogens with one attached hydrogen (secondary N) is 1. The van der Waals surface area contributed by atoms with Gasteiger partial charge in [-0.25, -0.2) is 0 Å². The van der Waals surface area contributed by atoms with Crippen molar-refractivity contribution in [1.82, 2.24) is 9.78 Å². The van der Waals surface area contributed by atoms with Gasteiger partial charge in [-0.2, -0.15) is 16.9 Å². The van der Waals surface area contributed by atoms with Crippen molar-refractivity contribution in [3.05, 3.63) is 11.3 Å². The van der Waals surface area contributed by atoms with E-state index >= 15 is 0 Å². The second-order valence-corrected chi connectivity index (χ2v) is 6.26. The van der Waals surface area contributed by atoms with Crippen molar-refractivity contribution in [1.29, 1.82) is 0 Å². The van der Waals surface area contributed by atoms with Crippen LogP contribution >= 0.6 is 11.8 Å². The van der Waals surface area contributed by atoms with Gasteiger partial charge in [-0.3, -0.25) is 4.68 Å². The highest BCUT2D eigenvalue weighted by molar-refractivity contribution is 7.98. The first-order chi connectivity index (χ1) is 8.72. The summed E-state index contributed by atoms with van der Waals surface area (Å²) in [6.45, 7) is 5.21. The van der Waals surface area contributed by atoms with Crippen LogP contribution in [0.2, 0.25) is 0 Å². The monoisotopic (exact) mass is 267 g/mol. The van der Waals surface area contributed by atoms with Gasteiger partial charge in [0.2, 0.25) is 0 Å². The molecule has 102 valence electrons. The normalized spacial score (nSPS) is 16.4. The largest absolute Gasteiger partial charge is 0.370 e. The van der Waals surface area contributed by atoms with E-state index in [0.717, 1.165) is 18.2 Å². The summed E-state index contributed by atoms with van der Waals surface area (Å²) in [5.41, 5.74) is 2.56. The molecule has 0 atom stereocenters. The van der Waals surface area contributed by atoms with Gasteiger partial charge in [0.05, 0.1) is 5.69 Å². The molecule has 1 aromatic heterocycles. The lowest BCUT2D eigenvalue weighted by atomic mass is 10.1. The molecule has 18 heavy (non-hydrogen) atoms. The van der Waals surface area contributed by atoms with Crippen molar-refractivity contribution >= 4 is 17.6 Å². The number of hydrogen-bond acceptors (Lipinski definition) is 3. The molecule has 1 saturated carbocycles. The van der Waals surface area contributed by atoms with Gasteiger partial charge >= 0.3 is 0 Å². The molecule has 2 rings (SSSR count). The molecule has 0 radical (unpaired) electrons. The first kappa shape index (κ1) is 13.8. The summed E-state index contributed by atoms with van der Waals surface area (Å²) in [6.07, 6.45) is 5.78. The highest BCUT2D eigenvalue weighted by Crippen LogP contribution is 2.31. The average Bonchev–Trinajstić information content (AvgIpc) is 2.92. The van der Waals surface area contributed by atoms with Gasteiger partial charge in [-0.05, 0) is 38.4 Å². The number of aromatic nitrogens is 2. The average molecular weight is 267 g/mol. The van der Waals surface area contributed by atoms with E-state index in [1.54, 1.807) is 0 Å². The summed E-state index contributed by atoms with van der Waals surface area (Å²) in [4.78, 5) is 0. The third-order valence-electron chi connectivity index (χ3n) is 3.77. The smallest absolute Gasteiger partial charge is 0.128 e. The van der Waals surface area contributed by atoms with Crippen LogP contribution in [-0.4, -0.2) is 22.1 Å². The van der Waals surface area contributed by atoms with E-state index in [4.69, 9.17) is 0 Å². The van der Waals surface area contributed by atoms with Crippen LogP contribution in [0.5, 0.6) is 0 Å². The molecule has 0 spiro atoms. The highest BCUT2D eigenvalue weighted by atomic mass is 32.2. The maximum absolute atomic E-state index is 4.52. The van der Waals surface area contributed by atoms with Crippen molar-refractivity contribution in [2.75, 3.05) is 17.6 Å².